The van der Waals surface area contributed by atoms with Crippen LogP contribution in [0.5, 0.6) is 0 Å². The summed E-state index contributed by atoms with van der Waals surface area (Å²) in [6.45, 7) is 6.91. The summed E-state index contributed by atoms with van der Waals surface area (Å²) in [4.78, 5) is 40.2. The molecule has 2 fully saturated rings. The molecule has 2 aliphatic rings. The first-order valence-corrected chi connectivity index (χ1v) is 12.4. The van der Waals surface area contributed by atoms with Crippen LogP contribution in [-0.4, -0.2) is 89.6 Å². The van der Waals surface area contributed by atoms with Gasteiger partial charge >= 0.3 is 0 Å². The van der Waals surface area contributed by atoms with Gasteiger partial charge in [-0.15, -0.1) is 11.3 Å². The zero-order valence-electron chi connectivity index (χ0n) is 18.3. The van der Waals surface area contributed by atoms with Crippen LogP contribution in [0.1, 0.15) is 5.82 Å². The van der Waals surface area contributed by atoms with Crippen molar-refractivity contribution in [3.8, 4) is 11.1 Å². The number of carbonyl (C=O) groups is 1. The number of piperazine rings is 1. The molecule has 0 atom stereocenters. The molecule has 10 heteroatoms. The maximum atomic E-state index is 12.9. The van der Waals surface area contributed by atoms with E-state index in [4.69, 9.17) is 21.3 Å². The van der Waals surface area contributed by atoms with E-state index in [1.54, 1.807) is 0 Å². The van der Waals surface area contributed by atoms with Gasteiger partial charge in [-0.1, -0.05) is 29.8 Å². The molecule has 0 bridgehead atoms. The molecule has 174 valence electrons. The van der Waals surface area contributed by atoms with Crippen molar-refractivity contribution in [2.75, 3.05) is 59.0 Å². The Labute approximate surface area is 200 Å². The Morgan fingerprint density at radius 3 is 2.58 bits per heavy atom. The molecule has 1 N–H and O–H groups in total. The lowest BCUT2D eigenvalue weighted by Crippen LogP contribution is -2.52. The Bertz CT molecular complexity index is 1200. The number of hydrogen-bond acceptors (Lipinski definition) is 7. The highest BCUT2D eigenvalue weighted by Crippen LogP contribution is 2.34. The van der Waals surface area contributed by atoms with Crippen LogP contribution in [0.3, 0.4) is 0 Å². The second-order valence-corrected chi connectivity index (χ2v) is 9.63. The minimum absolute atomic E-state index is 0.148. The number of halogens is 1. The minimum atomic E-state index is -0.148. The van der Waals surface area contributed by atoms with Gasteiger partial charge in [0.2, 0.25) is 5.91 Å². The van der Waals surface area contributed by atoms with Gasteiger partial charge in [-0.25, -0.2) is 4.98 Å². The highest BCUT2D eigenvalue weighted by Gasteiger charge is 2.24. The van der Waals surface area contributed by atoms with Crippen LogP contribution in [0.25, 0.3) is 21.3 Å². The lowest BCUT2D eigenvalue weighted by molar-refractivity contribution is -0.135. The zero-order valence-corrected chi connectivity index (χ0v) is 19.8. The van der Waals surface area contributed by atoms with Crippen LogP contribution < -0.4 is 5.56 Å². The van der Waals surface area contributed by atoms with Crippen LogP contribution in [0.4, 0.5) is 0 Å². The molecule has 33 heavy (non-hydrogen) atoms. The van der Waals surface area contributed by atoms with Gasteiger partial charge in [0.1, 0.15) is 10.7 Å². The Morgan fingerprint density at radius 1 is 1.06 bits per heavy atom. The number of nitrogens with one attached hydrogen (secondary N) is 1. The summed E-state index contributed by atoms with van der Waals surface area (Å²) < 4.78 is 5.35. The molecule has 2 aliphatic heterocycles. The fraction of sp³-hybridized carbons (Fsp3) is 0.435. The molecule has 0 radical (unpaired) electrons. The first kappa shape index (κ1) is 22.5. The van der Waals surface area contributed by atoms with Gasteiger partial charge in [-0.2, -0.15) is 0 Å². The number of morpholine rings is 1. The smallest absolute Gasteiger partial charge is 0.260 e. The van der Waals surface area contributed by atoms with E-state index in [2.05, 4.69) is 14.8 Å². The standard InChI is InChI=1S/C23H26ClN5O3S/c24-18-4-2-1-3-16(18)17-15-33-23-21(17)22(31)25-19(26-23)13-27-5-7-29(8-6-27)20(30)14-28-9-11-32-12-10-28/h1-4,15H,5-14H2,(H,25,26,31). The van der Waals surface area contributed by atoms with Crippen LogP contribution in [0, 0.1) is 0 Å². The largest absolute Gasteiger partial charge is 0.379 e. The predicted octanol–water partition coefficient (Wildman–Crippen LogP) is 2.28. The maximum Gasteiger partial charge on any atom is 0.260 e. The lowest BCUT2D eigenvalue weighted by Gasteiger charge is -2.36. The molecule has 0 saturated carbocycles. The Balaban J connectivity index is 1.23. The van der Waals surface area contributed by atoms with Crippen LogP contribution >= 0.6 is 22.9 Å². The van der Waals surface area contributed by atoms with Crippen molar-refractivity contribution in [2.45, 2.75) is 6.54 Å². The second-order valence-electron chi connectivity index (χ2n) is 8.37. The van der Waals surface area contributed by atoms with E-state index in [1.165, 1.54) is 11.3 Å². The highest BCUT2D eigenvalue weighted by molar-refractivity contribution is 7.17. The van der Waals surface area contributed by atoms with Crippen molar-refractivity contribution in [2.24, 2.45) is 0 Å². The molecule has 1 aromatic carbocycles. The molecule has 4 heterocycles. The lowest BCUT2D eigenvalue weighted by atomic mass is 10.1. The van der Waals surface area contributed by atoms with E-state index in [1.807, 2.05) is 34.5 Å². The van der Waals surface area contributed by atoms with Gasteiger partial charge in [0.05, 0.1) is 31.7 Å². The molecule has 5 rings (SSSR count). The Kier molecular flexibility index (Phi) is 6.75. The first-order valence-electron chi connectivity index (χ1n) is 11.1. The molecule has 1 amide bonds. The van der Waals surface area contributed by atoms with Gasteiger partial charge in [-0.05, 0) is 6.07 Å². The monoisotopic (exact) mass is 487 g/mol. The third-order valence-electron chi connectivity index (χ3n) is 6.22. The van der Waals surface area contributed by atoms with E-state index < -0.39 is 0 Å². The number of H-pyrrole nitrogens is 1. The number of thiophene rings is 1. The van der Waals surface area contributed by atoms with Crippen molar-refractivity contribution >= 4 is 39.1 Å². The SMILES string of the molecule is O=C(CN1CCOCC1)N1CCN(Cc2nc3scc(-c4ccccc4Cl)c3c(=O)[nH]2)CC1. The number of fused-ring (bicyclic) bond motifs is 1. The number of aromatic amines is 1. The van der Waals surface area contributed by atoms with Gasteiger partial charge in [0.25, 0.3) is 5.56 Å². The van der Waals surface area contributed by atoms with Crippen molar-refractivity contribution < 1.29 is 9.53 Å². The summed E-state index contributed by atoms with van der Waals surface area (Å²) in [5, 5.41) is 3.13. The third-order valence-corrected chi connectivity index (χ3v) is 7.42. The maximum absolute atomic E-state index is 12.9. The fourth-order valence-corrected chi connectivity index (χ4v) is 5.56. The third kappa shape index (κ3) is 4.97. The van der Waals surface area contributed by atoms with Crippen molar-refractivity contribution in [1.29, 1.82) is 0 Å². The Hall–Kier alpha value is -2.30. The molecule has 0 unspecified atom stereocenters. The molecule has 0 aliphatic carbocycles. The van der Waals surface area contributed by atoms with Crippen molar-refractivity contribution in [3.63, 3.8) is 0 Å². The zero-order chi connectivity index (χ0) is 22.8. The van der Waals surface area contributed by atoms with Crippen LogP contribution in [-0.2, 0) is 16.1 Å². The molecule has 2 saturated heterocycles. The normalized spacial score (nSPS) is 18.2. The predicted molar refractivity (Wildman–Crippen MR) is 130 cm³/mol. The molecule has 2 aromatic heterocycles. The van der Waals surface area contributed by atoms with E-state index in [-0.39, 0.29) is 11.5 Å². The van der Waals surface area contributed by atoms with Gasteiger partial charge < -0.3 is 14.6 Å². The number of benzene rings is 1. The topological polar surface area (TPSA) is 81.8 Å². The summed E-state index contributed by atoms with van der Waals surface area (Å²) in [5.41, 5.74) is 1.50. The highest BCUT2D eigenvalue weighted by atomic mass is 35.5. The van der Waals surface area contributed by atoms with E-state index in [0.717, 1.165) is 37.3 Å². The van der Waals surface area contributed by atoms with Crippen molar-refractivity contribution in [3.05, 3.63) is 50.8 Å². The number of hydrogen-bond donors (Lipinski definition) is 1. The quantitative estimate of drug-likeness (QED) is 0.594. The molecular formula is C23H26ClN5O3S. The number of amides is 1. The van der Waals surface area contributed by atoms with Crippen LogP contribution in [0.2, 0.25) is 5.02 Å². The second kappa shape index (κ2) is 9.90. The van der Waals surface area contributed by atoms with Gasteiger partial charge in [0.15, 0.2) is 0 Å². The van der Waals surface area contributed by atoms with Gasteiger partial charge in [-0.3, -0.25) is 19.4 Å². The van der Waals surface area contributed by atoms with Gasteiger partial charge in [0, 0.05) is 60.8 Å². The minimum Gasteiger partial charge on any atom is -0.379 e. The van der Waals surface area contributed by atoms with Crippen molar-refractivity contribution in [1.82, 2.24) is 24.7 Å². The number of nitrogens with zero attached hydrogens (tertiary/aromatic N) is 4. The first-order chi connectivity index (χ1) is 16.1. The molecule has 0 spiro atoms. The average Bonchev–Trinajstić information content (AvgIpc) is 3.25. The molecular weight excluding hydrogens is 462 g/mol. The van der Waals surface area contributed by atoms with E-state index in [0.29, 0.717) is 60.5 Å². The van der Waals surface area contributed by atoms with Crippen LogP contribution in [0.15, 0.2) is 34.4 Å². The molecule has 3 aromatic rings. The summed E-state index contributed by atoms with van der Waals surface area (Å²) >= 11 is 7.80. The fourth-order valence-electron chi connectivity index (χ4n) is 4.36. The number of rotatable bonds is 5. The summed E-state index contributed by atoms with van der Waals surface area (Å²) in [6.07, 6.45) is 0. The average molecular weight is 488 g/mol. The number of carbonyl (C=O) groups excluding carboxylic acids is 1. The van der Waals surface area contributed by atoms with E-state index >= 15 is 0 Å². The Morgan fingerprint density at radius 2 is 1.82 bits per heavy atom. The molecule has 8 nitrogen and oxygen atoms in total. The number of aromatic nitrogens is 2. The summed E-state index contributed by atoms with van der Waals surface area (Å²) in [6, 6.07) is 7.52. The van der Waals surface area contributed by atoms with E-state index in [9.17, 15) is 9.59 Å². The summed E-state index contributed by atoms with van der Waals surface area (Å²) in [7, 11) is 0. The summed E-state index contributed by atoms with van der Waals surface area (Å²) in [5.74, 6) is 0.823. The number of ether oxygens (including phenoxy) is 1.